The normalized spacial score (nSPS) is 14.9. The number of benzene rings is 2. The maximum Gasteiger partial charge on any atom is 0.258 e. The molecule has 0 aliphatic carbocycles. The van der Waals surface area contributed by atoms with Crippen LogP contribution in [-0.4, -0.2) is 30.3 Å². The Morgan fingerprint density at radius 3 is 2.75 bits per heavy atom. The molecule has 0 unspecified atom stereocenters. The quantitative estimate of drug-likeness (QED) is 0.746. The Bertz CT molecular complexity index is 1010. The molecule has 2 aliphatic heterocycles. The molecule has 4 rings (SSSR count). The molecule has 2 aromatic rings. The molecule has 0 saturated carbocycles. The van der Waals surface area contributed by atoms with Gasteiger partial charge < -0.3 is 16.1 Å². The number of nitrogens with zero attached hydrogens (tertiary/aromatic N) is 3. The second-order valence-electron chi connectivity index (χ2n) is 6.33. The molecule has 0 saturated heterocycles. The number of nitrogens with two attached hydrogens (primary N) is 1. The minimum atomic E-state index is -0.170. The van der Waals surface area contributed by atoms with E-state index in [0.29, 0.717) is 40.1 Å². The number of hydrazine groups is 1. The van der Waals surface area contributed by atoms with Crippen LogP contribution in [0, 0.1) is 0 Å². The molecule has 9 heteroatoms. The molecule has 0 atom stereocenters. The van der Waals surface area contributed by atoms with Crippen molar-refractivity contribution in [2.24, 2.45) is 10.7 Å². The Kier molecular flexibility index (Phi) is 5.86. The van der Waals surface area contributed by atoms with Gasteiger partial charge in [-0.15, -0.1) is 12.4 Å². The van der Waals surface area contributed by atoms with Crippen LogP contribution in [0.25, 0.3) is 0 Å². The molecule has 0 spiro atoms. The largest absolute Gasteiger partial charge is 0.326 e. The third-order valence-electron chi connectivity index (χ3n) is 4.59. The lowest BCUT2D eigenvalue weighted by molar-refractivity contribution is 0.0989. The highest BCUT2D eigenvalue weighted by molar-refractivity contribution is 6.32. The Hall–Kier alpha value is -2.25. The monoisotopic (exact) mass is 437 g/mol. The van der Waals surface area contributed by atoms with Crippen LogP contribution >= 0.6 is 35.6 Å². The highest BCUT2D eigenvalue weighted by Crippen LogP contribution is 2.37. The molecule has 28 heavy (non-hydrogen) atoms. The fourth-order valence-corrected chi connectivity index (χ4v) is 3.57. The van der Waals surface area contributed by atoms with Gasteiger partial charge in [-0.25, -0.2) is 4.99 Å². The van der Waals surface area contributed by atoms with E-state index in [9.17, 15) is 4.79 Å². The van der Waals surface area contributed by atoms with E-state index in [4.69, 9.17) is 33.9 Å². The first-order valence-corrected chi connectivity index (χ1v) is 9.11. The molecule has 2 heterocycles. The number of halogens is 3. The van der Waals surface area contributed by atoms with Gasteiger partial charge in [-0.05, 0) is 35.9 Å². The fourth-order valence-electron chi connectivity index (χ4n) is 3.15. The predicted molar refractivity (Wildman–Crippen MR) is 116 cm³/mol. The van der Waals surface area contributed by atoms with Crippen molar-refractivity contribution in [1.82, 2.24) is 10.4 Å². The van der Waals surface area contributed by atoms with E-state index in [-0.39, 0.29) is 18.3 Å². The summed E-state index contributed by atoms with van der Waals surface area (Å²) >= 11 is 12.4. The lowest BCUT2D eigenvalue weighted by Gasteiger charge is -2.23. The van der Waals surface area contributed by atoms with E-state index in [0.717, 1.165) is 17.0 Å². The second kappa shape index (κ2) is 8.01. The van der Waals surface area contributed by atoms with Crippen molar-refractivity contribution in [3.63, 3.8) is 0 Å². The number of nitrogens with one attached hydrogen (secondary N) is 1. The molecule has 0 bridgehead atoms. The van der Waals surface area contributed by atoms with Gasteiger partial charge >= 0.3 is 0 Å². The zero-order valence-electron chi connectivity index (χ0n) is 14.9. The summed E-state index contributed by atoms with van der Waals surface area (Å²) in [5.74, 6) is 0.585. The van der Waals surface area contributed by atoms with Crippen LogP contribution in [0.2, 0.25) is 10.0 Å². The molecule has 0 radical (unpaired) electrons. The van der Waals surface area contributed by atoms with Gasteiger partial charge in [0.15, 0.2) is 5.84 Å². The summed E-state index contributed by atoms with van der Waals surface area (Å²) in [4.78, 5) is 19.7. The van der Waals surface area contributed by atoms with Crippen molar-refractivity contribution in [3.8, 4) is 0 Å². The summed E-state index contributed by atoms with van der Waals surface area (Å²) in [6.45, 7) is 0.695. The summed E-state index contributed by atoms with van der Waals surface area (Å²) in [5.41, 5.74) is 12.3. The average Bonchev–Trinajstić information content (AvgIpc) is 2.90. The van der Waals surface area contributed by atoms with E-state index in [2.05, 4.69) is 5.43 Å². The van der Waals surface area contributed by atoms with E-state index in [1.807, 2.05) is 19.3 Å². The van der Waals surface area contributed by atoms with Crippen molar-refractivity contribution in [1.29, 1.82) is 0 Å². The summed E-state index contributed by atoms with van der Waals surface area (Å²) < 4.78 is 0. The fraction of sp³-hybridized carbons (Fsp3) is 0.158. The zero-order valence-corrected chi connectivity index (χ0v) is 17.3. The maximum atomic E-state index is 13.3. The third kappa shape index (κ3) is 3.56. The smallest absolute Gasteiger partial charge is 0.258 e. The summed E-state index contributed by atoms with van der Waals surface area (Å²) in [6, 6.07) is 10.5. The van der Waals surface area contributed by atoms with Gasteiger partial charge in [-0.2, -0.15) is 0 Å². The van der Waals surface area contributed by atoms with Gasteiger partial charge in [0.25, 0.3) is 5.91 Å². The van der Waals surface area contributed by atoms with E-state index >= 15 is 0 Å². The van der Waals surface area contributed by atoms with Gasteiger partial charge in [0.05, 0.1) is 17.9 Å². The maximum absolute atomic E-state index is 13.3. The number of aliphatic imine (C=N–C) groups is 1. The Balaban J connectivity index is 0.00000225. The van der Waals surface area contributed by atoms with Crippen LogP contribution in [0.15, 0.2) is 53.2 Å². The molecule has 1 amide bonds. The molecule has 0 aromatic heterocycles. The van der Waals surface area contributed by atoms with Gasteiger partial charge in [-0.1, -0.05) is 29.3 Å². The number of hydrogen-bond donors (Lipinski definition) is 2. The van der Waals surface area contributed by atoms with Crippen molar-refractivity contribution >= 4 is 58.7 Å². The molecule has 0 fully saturated rings. The third-order valence-corrected chi connectivity index (χ3v) is 5.17. The zero-order chi connectivity index (χ0) is 19.1. The number of carbonyl (C=O) groups excluding carboxylic acids is 1. The minimum absolute atomic E-state index is 0. The summed E-state index contributed by atoms with van der Waals surface area (Å²) in [6.07, 6.45) is 1.84. The Morgan fingerprint density at radius 2 is 2.04 bits per heavy atom. The van der Waals surface area contributed by atoms with Crippen LogP contribution in [-0.2, 0) is 6.54 Å². The number of anilines is 1. The number of carbonyl (C=O) groups is 1. The van der Waals surface area contributed by atoms with Crippen LogP contribution in [0.4, 0.5) is 11.4 Å². The van der Waals surface area contributed by atoms with Gasteiger partial charge in [0.1, 0.15) is 0 Å². The molecular formula is C19H18Cl3N5O. The first-order valence-electron chi connectivity index (χ1n) is 8.36. The average molecular weight is 439 g/mol. The van der Waals surface area contributed by atoms with E-state index < -0.39 is 0 Å². The summed E-state index contributed by atoms with van der Waals surface area (Å²) in [7, 11) is 1.87. The number of fused-ring (bicyclic) bond motifs is 2. The Labute approximate surface area is 179 Å². The van der Waals surface area contributed by atoms with E-state index in [1.54, 1.807) is 40.2 Å². The van der Waals surface area contributed by atoms with Gasteiger partial charge in [0.2, 0.25) is 0 Å². The number of hydrogen-bond acceptors (Lipinski definition) is 5. The number of rotatable bonds is 2. The Morgan fingerprint density at radius 1 is 1.25 bits per heavy atom. The van der Waals surface area contributed by atoms with Gasteiger partial charge in [-0.3, -0.25) is 9.80 Å². The minimum Gasteiger partial charge on any atom is -0.326 e. The first-order chi connectivity index (χ1) is 13.0. The second-order valence-corrected chi connectivity index (χ2v) is 7.17. The predicted octanol–water partition coefficient (Wildman–Crippen LogP) is 3.90. The van der Waals surface area contributed by atoms with Gasteiger partial charge in [0, 0.05) is 41.0 Å². The highest BCUT2D eigenvalue weighted by Gasteiger charge is 2.30. The van der Waals surface area contributed by atoms with Crippen LogP contribution in [0.1, 0.15) is 15.9 Å². The lowest BCUT2D eigenvalue weighted by Crippen LogP contribution is -2.35. The van der Waals surface area contributed by atoms with E-state index in [1.165, 1.54) is 0 Å². The van der Waals surface area contributed by atoms with Crippen molar-refractivity contribution in [2.75, 3.05) is 18.5 Å². The molecule has 146 valence electrons. The van der Waals surface area contributed by atoms with Crippen molar-refractivity contribution < 1.29 is 4.79 Å². The topological polar surface area (TPSA) is 74.0 Å². The van der Waals surface area contributed by atoms with Crippen molar-refractivity contribution in [2.45, 2.75) is 6.54 Å². The van der Waals surface area contributed by atoms with Crippen LogP contribution in [0.5, 0.6) is 0 Å². The lowest BCUT2D eigenvalue weighted by atomic mass is 10.1. The number of likely N-dealkylation sites (N-methyl/N-ethyl adjacent to an activating group) is 1. The number of amides is 1. The highest BCUT2D eigenvalue weighted by atomic mass is 35.5. The van der Waals surface area contributed by atoms with Crippen molar-refractivity contribution in [3.05, 3.63) is 69.3 Å². The first kappa shape index (κ1) is 20.5. The summed E-state index contributed by atoms with van der Waals surface area (Å²) in [5, 5.41) is 2.84. The standard InChI is InChI=1S/C19H17Cl2N5O.ClH/c1-25-18-13(9-23-25)10-26(17-5-4-14(20)7-16(17)24-18)19(27)11-2-3-12(8-22)15(21)6-11;/h2-7,9,23H,8,10,22H2,1H3;1H. The van der Waals surface area contributed by atoms with Crippen LogP contribution in [0.3, 0.4) is 0 Å². The number of amidine groups is 1. The molecule has 2 aromatic carbocycles. The SMILES string of the molecule is CN1NC=C2CN(C(=O)c3ccc(CN)c(Cl)c3)c3ccc(Cl)cc3N=C21.Cl. The molecule has 6 nitrogen and oxygen atoms in total. The molecule has 3 N–H and O–H groups in total. The molecule has 2 aliphatic rings. The van der Waals surface area contributed by atoms with Crippen LogP contribution < -0.4 is 16.1 Å². The molecular weight excluding hydrogens is 421 g/mol.